The minimum Gasteiger partial charge on any atom is -0.465 e. The van der Waals surface area contributed by atoms with Crippen LogP contribution in [-0.4, -0.2) is 61.9 Å². The molecule has 7 nitrogen and oxygen atoms in total. The number of fused-ring (bicyclic) bond motifs is 5. The van der Waals surface area contributed by atoms with Gasteiger partial charge in [0.15, 0.2) is 0 Å². The largest absolute Gasteiger partial charge is 0.465 e. The molecule has 1 amide bonds. The van der Waals surface area contributed by atoms with E-state index < -0.39 is 11.7 Å². The third-order valence-corrected chi connectivity index (χ3v) is 13.4. The first-order valence-corrected chi connectivity index (χ1v) is 17.4. The van der Waals surface area contributed by atoms with Gasteiger partial charge in [-0.1, -0.05) is 53.9 Å². The lowest BCUT2D eigenvalue weighted by Crippen LogP contribution is -2.72. The van der Waals surface area contributed by atoms with Crippen LogP contribution < -0.4 is 5.32 Å². The molecule has 0 bridgehead atoms. The van der Waals surface area contributed by atoms with Crippen LogP contribution in [0.4, 0.5) is 4.79 Å². The number of nitrogens with zero attached hydrogens (tertiary/aromatic N) is 2. The Hall–Kier alpha value is -1.60. The molecule has 1 aromatic rings. The number of amides is 1. The Morgan fingerprint density at radius 3 is 2.60 bits per heavy atom. The molecule has 0 saturated heterocycles. The Morgan fingerprint density at radius 2 is 1.93 bits per heavy atom. The minimum atomic E-state index is -0.929. The molecule has 4 fully saturated rings. The zero-order valence-electron chi connectivity index (χ0n) is 27.4. The van der Waals surface area contributed by atoms with Gasteiger partial charge < -0.3 is 25.4 Å². The molecule has 0 unspecified atom stereocenters. The summed E-state index contributed by atoms with van der Waals surface area (Å²) in [6.45, 7) is 15.4. The van der Waals surface area contributed by atoms with Gasteiger partial charge in [0, 0.05) is 43.2 Å². The maximum absolute atomic E-state index is 12.9. The number of aromatic amines is 1. The molecule has 4 N–H and O–H groups in total. The highest BCUT2D eigenvalue weighted by Gasteiger charge is 2.67. The number of aliphatic hydroxyl groups is 1. The van der Waals surface area contributed by atoms with Gasteiger partial charge in [0.25, 0.3) is 0 Å². The van der Waals surface area contributed by atoms with Crippen LogP contribution >= 0.6 is 0 Å². The van der Waals surface area contributed by atoms with E-state index in [-0.39, 0.29) is 17.5 Å². The Kier molecular flexibility index (Phi) is 9.41. The number of carbonyl (C=O) groups is 1. The van der Waals surface area contributed by atoms with Crippen molar-refractivity contribution in [1.82, 2.24) is 20.2 Å². The molecule has 0 aromatic carbocycles. The Bertz CT molecular complexity index is 1050. The van der Waals surface area contributed by atoms with Crippen molar-refractivity contribution in [2.45, 2.75) is 136 Å². The predicted molar refractivity (Wildman–Crippen MR) is 168 cm³/mol. The van der Waals surface area contributed by atoms with E-state index in [1.165, 1.54) is 44.9 Å². The van der Waals surface area contributed by atoms with Gasteiger partial charge in [-0.25, -0.2) is 9.78 Å². The third-order valence-electron chi connectivity index (χ3n) is 13.4. The number of H-pyrrole nitrogens is 1. The van der Waals surface area contributed by atoms with E-state index in [2.05, 4.69) is 49.9 Å². The van der Waals surface area contributed by atoms with E-state index in [1.54, 1.807) is 11.2 Å². The number of imidazole rings is 1. The maximum Gasteiger partial charge on any atom is 0.407 e. The molecule has 4 saturated carbocycles. The number of hydrogen-bond donors (Lipinski definition) is 4. The van der Waals surface area contributed by atoms with Crippen molar-refractivity contribution in [2.75, 3.05) is 13.1 Å². The third kappa shape index (κ3) is 5.55. The van der Waals surface area contributed by atoms with Crippen LogP contribution in [0.15, 0.2) is 12.5 Å². The number of carboxylic acid groups (broad SMARTS) is 1. The van der Waals surface area contributed by atoms with Gasteiger partial charge in [0.2, 0.25) is 0 Å². The molecule has 0 aliphatic heterocycles. The van der Waals surface area contributed by atoms with Crippen LogP contribution in [0.1, 0.15) is 118 Å². The fraction of sp³-hybridized carbons (Fsp3) is 0.886. The number of hydrogen-bond acceptors (Lipinski definition) is 4. The van der Waals surface area contributed by atoms with E-state index in [9.17, 15) is 15.0 Å². The average Bonchev–Trinajstić information content (AvgIpc) is 3.57. The molecule has 4 aliphatic carbocycles. The normalized spacial score (nSPS) is 40.3. The topological polar surface area (TPSA) is 101 Å². The van der Waals surface area contributed by atoms with Crippen LogP contribution in [0, 0.1) is 46.3 Å². The molecule has 7 heteroatoms. The SMILES string of the molecule is CCN(C(=O)O)[C@H]1CC[C@]2(C)[C@H]3CC[C@]4(C)[C@@H]([C@H](C)CCCC(C)C)CC[C@H]4[C@@H]3C[C@@H](NCCc3c[nH]cn3)[C@@]2(O)C1. The Morgan fingerprint density at radius 1 is 1.14 bits per heavy atom. The van der Waals surface area contributed by atoms with Crippen molar-refractivity contribution < 1.29 is 15.0 Å². The first kappa shape index (κ1) is 31.8. The maximum atomic E-state index is 12.9. The summed E-state index contributed by atoms with van der Waals surface area (Å²) in [5, 5.41) is 26.7. The highest BCUT2D eigenvalue weighted by Crippen LogP contribution is 2.69. The van der Waals surface area contributed by atoms with Crippen LogP contribution in [0.25, 0.3) is 0 Å². The van der Waals surface area contributed by atoms with Crippen molar-refractivity contribution in [3.05, 3.63) is 18.2 Å². The summed E-state index contributed by atoms with van der Waals surface area (Å²) in [7, 11) is 0. The lowest BCUT2D eigenvalue weighted by molar-refractivity contribution is -0.228. The quantitative estimate of drug-likeness (QED) is 0.222. The summed E-state index contributed by atoms with van der Waals surface area (Å²) in [5.74, 6) is 4.20. The number of aromatic nitrogens is 2. The molecule has 238 valence electrons. The standard InChI is InChI=1S/C35H60N4O3/c1-7-39(32(40)41)26-13-17-34(6)30-14-16-33(5)28(24(4)10-8-9-23(2)3)11-12-29(33)27(30)19-31(35(34,42)20-26)37-18-15-25-21-36-22-38-25/h21-24,26-31,37,42H,7-20H2,1-6H3,(H,36,38)(H,40,41)/t24-,26+,27+,28-,29+,30+,31-,33-,34-,35+/m1/s1. The van der Waals surface area contributed by atoms with Crippen LogP contribution in [0.2, 0.25) is 0 Å². The highest BCUT2D eigenvalue weighted by molar-refractivity contribution is 5.65. The van der Waals surface area contributed by atoms with Crippen molar-refractivity contribution in [2.24, 2.45) is 46.3 Å². The molecule has 1 heterocycles. The summed E-state index contributed by atoms with van der Waals surface area (Å²) >= 11 is 0. The van der Waals surface area contributed by atoms with E-state index in [1.807, 2.05) is 13.1 Å². The summed E-state index contributed by atoms with van der Waals surface area (Å²) in [4.78, 5) is 21.2. The molecule has 4 aliphatic rings. The molecule has 5 rings (SSSR count). The zero-order valence-corrected chi connectivity index (χ0v) is 27.4. The van der Waals surface area contributed by atoms with Gasteiger partial charge in [-0.05, 0) is 99.2 Å². The Balaban J connectivity index is 1.40. The number of nitrogens with one attached hydrogen (secondary N) is 2. The summed E-state index contributed by atoms with van der Waals surface area (Å²) < 4.78 is 0. The van der Waals surface area contributed by atoms with E-state index >= 15 is 0 Å². The van der Waals surface area contributed by atoms with Crippen molar-refractivity contribution in [3.8, 4) is 0 Å². The molecular formula is C35H60N4O3. The summed E-state index contributed by atoms with van der Waals surface area (Å²) in [5.41, 5.74) is 0.285. The first-order valence-electron chi connectivity index (χ1n) is 17.4. The zero-order chi connectivity index (χ0) is 30.3. The summed E-state index contributed by atoms with van der Waals surface area (Å²) in [6.07, 6.45) is 16.1. The second kappa shape index (κ2) is 12.4. The van der Waals surface area contributed by atoms with E-state index in [0.717, 1.165) is 61.6 Å². The molecular weight excluding hydrogens is 524 g/mol. The second-order valence-corrected chi connectivity index (χ2v) is 15.8. The van der Waals surface area contributed by atoms with E-state index in [4.69, 9.17) is 0 Å². The van der Waals surface area contributed by atoms with Gasteiger partial charge >= 0.3 is 6.09 Å². The average molecular weight is 585 g/mol. The monoisotopic (exact) mass is 584 g/mol. The predicted octanol–water partition coefficient (Wildman–Crippen LogP) is 7.13. The van der Waals surface area contributed by atoms with Crippen LogP contribution in [0.3, 0.4) is 0 Å². The van der Waals surface area contributed by atoms with Crippen molar-refractivity contribution >= 4 is 6.09 Å². The molecule has 42 heavy (non-hydrogen) atoms. The second-order valence-electron chi connectivity index (χ2n) is 15.8. The first-order chi connectivity index (χ1) is 19.9. The smallest absolute Gasteiger partial charge is 0.407 e. The van der Waals surface area contributed by atoms with Gasteiger partial charge in [-0.3, -0.25) is 0 Å². The highest BCUT2D eigenvalue weighted by atomic mass is 16.4. The molecule has 1 aromatic heterocycles. The van der Waals surface area contributed by atoms with Crippen molar-refractivity contribution in [3.63, 3.8) is 0 Å². The Labute approximate surface area is 255 Å². The fourth-order valence-corrected chi connectivity index (χ4v) is 11.2. The van der Waals surface area contributed by atoms with Crippen molar-refractivity contribution in [1.29, 1.82) is 0 Å². The number of rotatable bonds is 11. The fourth-order valence-electron chi connectivity index (χ4n) is 11.2. The lowest BCUT2D eigenvalue weighted by Gasteiger charge is -2.67. The van der Waals surface area contributed by atoms with Crippen LogP contribution in [-0.2, 0) is 6.42 Å². The molecule has 0 radical (unpaired) electrons. The van der Waals surface area contributed by atoms with Crippen LogP contribution in [0.5, 0.6) is 0 Å². The van der Waals surface area contributed by atoms with Gasteiger partial charge in [-0.15, -0.1) is 0 Å². The minimum absolute atomic E-state index is 0.0390. The van der Waals surface area contributed by atoms with E-state index in [0.29, 0.717) is 30.2 Å². The lowest BCUT2D eigenvalue weighted by atomic mass is 9.41. The van der Waals surface area contributed by atoms with Gasteiger partial charge in [-0.2, -0.15) is 0 Å². The molecule has 10 atom stereocenters. The van der Waals surface area contributed by atoms with Gasteiger partial charge in [0.1, 0.15) is 0 Å². The molecule has 0 spiro atoms. The van der Waals surface area contributed by atoms with Gasteiger partial charge in [0.05, 0.1) is 17.6 Å². The summed E-state index contributed by atoms with van der Waals surface area (Å²) in [6, 6.07) is -0.169.